The second-order valence-electron chi connectivity index (χ2n) is 3.61. The fraction of sp³-hybridized carbons (Fsp3) is 0.889. The zero-order chi connectivity index (χ0) is 9.31. The largest absolute Gasteiger partial charge is 0.466 e. The quantitative estimate of drug-likeness (QED) is 0.666. The second-order valence-corrected chi connectivity index (χ2v) is 5.12. The molecule has 0 aromatic heterocycles. The van der Waals surface area contributed by atoms with Crippen LogP contribution in [0.2, 0.25) is 0 Å². The number of ether oxygens (including phenoxy) is 1. The Hall–Kier alpha value is -0.220. The summed E-state index contributed by atoms with van der Waals surface area (Å²) in [4.78, 5) is 11.6. The number of nitrogens with one attached hydrogen (secondary N) is 1. The van der Waals surface area contributed by atoms with Crippen LogP contribution in [0.1, 0.15) is 13.3 Å². The molecule has 0 aromatic carbocycles. The molecule has 0 saturated carbocycles. The Morgan fingerprint density at radius 2 is 2.46 bits per heavy atom. The van der Waals surface area contributed by atoms with Gasteiger partial charge in [-0.1, -0.05) is 0 Å². The van der Waals surface area contributed by atoms with E-state index in [9.17, 15) is 4.79 Å². The molecule has 13 heavy (non-hydrogen) atoms. The summed E-state index contributed by atoms with van der Waals surface area (Å²) in [7, 11) is 0. The number of rotatable bonds is 2. The molecule has 2 saturated heterocycles. The lowest BCUT2D eigenvalue weighted by atomic mass is 9.85. The van der Waals surface area contributed by atoms with Gasteiger partial charge in [0.1, 0.15) is 0 Å². The molecule has 0 aliphatic carbocycles. The van der Waals surface area contributed by atoms with Gasteiger partial charge in [-0.05, 0) is 19.1 Å². The van der Waals surface area contributed by atoms with E-state index < -0.39 is 0 Å². The maximum Gasteiger partial charge on any atom is 0.310 e. The summed E-state index contributed by atoms with van der Waals surface area (Å²) < 4.78 is 5.26. The molecule has 0 amide bonds. The Labute approximate surface area is 82.6 Å². The summed E-state index contributed by atoms with van der Waals surface area (Å²) in [6.45, 7) is 4.32. The van der Waals surface area contributed by atoms with E-state index in [0.717, 1.165) is 25.3 Å². The summed E-state index contributed by atoms with van der Waals surface area (Å²) in [5.74, 6) is 1.25. The van der Waals surface area contributed by atoms with Crippen molar-refractivity contribution in [3.63, 3.8) is 0 Å². The molecule has 2 aliphatic rings. The van der Waals surface area contributed by atoms with Crippen molar-refractivity contribution in [3.8, 4) is 0 Å². The molecule has 74 valence electrons. The van der Waals surface area contributed by atoms with Gasteiger partial charge >= 0.3 is 5.97 Å². The predicted molar refractivity (Wildman–Crippen MR) is 52.8 cm³/mol. The molecule has 4 heteroatoms. The van der Waals surface area contributed by atoms with Gasteiger partial charge in [0.2, 0.25) is 0 Å². The molecule has 0 radical (unpaired) electrons. The van der Waals surface area contributed by atoms with E-state index in [1.807, 2.05) is 18.7 Å². The predicted octanol–water partition coefficient (Wildman–Crippen LogP) is 0.645. The maximum absolute atomic E-state index is 11.6. The highest BCUT2D eigenvalue weighted by atomic mass is 32.2. The van der Waals surface area contributed by atoms with Gasteiger partial charge in [0.05, 0.1) is 17.3 Å². The summed E-state index contributed by atoms with van der Waals surface area (Å²) in [5, 5.41) is 3.24. The van der Waals surface area contributed by atoms with Crippen molar-refractivity contribution in [1.29, 1.82) is 0 Å². The standard InChI is InChI=1S/C9H15NO2S/c1-2-12-8(11)7-3-4-13-9(7)5-10-6-9/h7,10H,2-6H2,1H3. The van der Waals surface area contributed by atoms with E-state index in [0.29, 0.717) is 6.61 Å². The van der Waals surface area contributed by atoms with Crippen LogP contribution in [0.15, 0.2) is 0 Å². The van der Waals surface area contributed by atoms with Gasteiger partial charge in [0.15, 0.2) is 0 Å². The first-order valence-electron chi connectivity index (χ1n) is 4.80. The normalized spacial score (nSPS) is 30.1. The van der Waals surface area contributed by atoms with Gasteiger partial charge in [-0.2, -0.15) is 11.8 Å². The van der Waals surface area contributed by atoms with E-state index in [-0.39, 0.29) is 16.6 Å². The van der Waals surface area contributed by atoms with Gasteiger partial charge in [0.25, 0.3) is 0 Å². The van der Waals surface area contributed by atoms with E-state index >= 15 is 0 Å². The zero-order valence-corrected chi connectivity index (χ0v) is 8.65. The average molecular weight is 201 g/mol. The third-order valence-corrected chi connectivity index (χ3v) is 4.44. The van der Waals surface area contributed by atoms with Crippen molar-refractivity contribution in [1.82, 2.24) is 5.32 Å². The van der Waals surface area contributed by atoms with Crippen molar-refractivity contribution in [3.05, 3.63) is 0 Å². The van der Waals surface area contributed by atoms with Gasteiger partial charge in [-0.15, -0.1) is 0 Å². The molecule has 3 nitrogen and oxygen atoms in total. The van der Waals surface area contributed by atoms with E-state index in [1.54, 1.807) is 0 Å². The molecule has 2 fully saturated rings. The minimum absolute atomic E-state index is 0.00833. The lowest BCUT2D eigenvalue weighted by Gasteiger charge is -2.42. The first-order chi connectivity index (χ1) is 6.28. The molecule has 1 N–H and O–H groups in total. The molecule has 2 aliphatic heterocycles. The summed E-state index contributed by atoms with van der Waals surface area (Å²) >= 11 is 1.93. The van der Waals surface area contributed by atoms with Crippen molar-refractivity contribution < 1.29 is 9.53 Å². The smallest absolute Gasteiger partial charge is 0.310 e. The highest BCUT2D eigenvalue weighted by molar-refractivity contribution is 8.01. The van der Waals surface area contributed by atoms with Crippen LogP contribution in [0.4, 0.5) is 0 Å². The Morgan fingerprint density at radius 1 is 1.69 bits per heavy atom. The number of thioether (sulfide) groups is 1. The molecule has 1 spiro atoms. The van der Waals surface area contributed by atoms with Crippen LogP contribution in [0.25, 0.3) is 0 Å². The van der Waals surface area contributed by atoms with Crippen molar-refractivity contribution >= 4 is 17.7 Å². The Bertz CT molecular complexity index is 216. The van der Waals surface area contributed by atoms with Crippen LogP contribution < -0.4 is 5.32 Å². The van der Waals surface area contributed by atoms with Crippen LogP contribution in [-0.2, 0) is 9.53 Å². The van der Waals surface area contributed by atoms with Gasteiger partial charge in [-0.25, -0.2) is 0 Å². The van der Waals surface area contributed by atoms with Crippen LogP contribution in [0, 0.1) is 5.92 Å². The lowest BCUT2D eigenvalue weighted by Crippen LogP contribution is -2.61. The summed E-state index contributed by atoms with van der Waals surface area (Å²) in [6.07, 6.45) is 0.991. The molecule has 1 atom stereocenters. The van der Waals surface area contributed by atoms with Crippen molar-refractivity contribution in [2.75, 3.05) is 25.4 Å². The highest BCUT2D eigenvalue weighted by Gasteiger charge is 2.52. The minimum Gasteiger partial charge on any atom is -0.466 e. The molecular formula is C9H15NO2S. The Morgan fingerprint density at radius 3 is 3.00 bits per heavy atom. The Kier molecular flexibility index (Phi) is 2.51. The molecule has 2 rings (SSSR count). The van der Waals surface area contributed by atoms with Gasteiger partial charge in [-0.3, -0.25) is 4.79 Å². The van der Waals surface area contributed by atoms with Gasteiger partial charge in [0, 0.05) is 13.1 Å². The first kappa shape index (κ1) is 9.34. The number of hydrogen-bond donors (Lipinski definition) is 1. The number of esters is 1. The number of carbonyl (C=O) groups is 1. The summed E-state index contributed by atoms with van der Waals surface area (Å²) in [5.41, 5.74) is 0. The van der Waals surface area contributed by atoms with Crippen LogP contribution in [0.3, 0.4) is 0 Å². The summed E-state index contributed by atoms with van der Waals surface area (Å²) in [6, 6.07) is 0. The second kappa shape index (κ2) is 3.50. The molecule has 1 unspecified atom stereocenters. The van der Waals surface area contributed by atoms with E-state index in [2.05, 4.69) is 5.32 Å². The monoisotopic (exact) mass is 201 g/mol. The topological polar surface area (TPSA) is 38.3 Å². The number of hydrogen-bond acceptors (Lipinski definition) is 4. The third-order valence-electron chi connectivity index (χ3n) is 2.85. The molecule has 2 heterocycles. The lowest BCUT2D eigenvalue weighted by molar-refractivity contribution is -0.149. The average Bonchev–Trinajstić information content (AvgIpc) is 2.46. The maximum atomic E-state index is 11.6. The van der Waals surface area contributed by atoms with Crippen LogP contribution in [0.5, 0.6) is 0 Å². The zero-order valence-electron chi connectivity index (χ0n) is 7.84. The van der Waals surface area contributed by atoms with E-state index in [4.69, 9.17) is 4.74 Å². The molecular weight excluding hydrogens is 186 g/mol. The van der Waals surface area contributed by atoms with Crippen molar-refractivity contribution in [2.45, 2.75) is 18.1 Å². The fourth-order valence-corrected chi connectivity index (χ4v) is 3.62. The third kappa shape index (κ3) is 1.46. The Balaban J connectivity index is 2.01. The first-order valence-corrected chi connectivity index (χ1v) is 5.78. The van der Waals surface area contributed by atoms with E-state index in [1.165, 1.54) is 0 Å². The van der Waals surface area contributed by atoms with Gasteiger partial charge < -0.3 is 10.1 Å². The van der Waals surface area contributed by atoms with Crippen LogP contribution >= 0.6 is 11.8 Å². The number of carbonyl (C=O) groups excluding carboxylic acids is 1. The SMILES string of the molecule is CCOC(=O)C1CCSC12CNC2. The highest BCUT2D eigenvalue weighted by Crippen LogP contribution is 2.46. The fourth-order valence-electron chi connectivity index (χ4n) is 2.04. The molecule has 0 aromatic rings. The van der Waals surface area contributed by atoms with Crippen molar-refractivity contribution in [2.24, 2.45) is 5.92 Å². The van der Waals surface area contributed by atoms with Crippen LogP contribution in [-0.4, -0.2) is 36.2 Å². The minimum atomic E-state index is 0.00833. The molecule has 0 bridgehead atoms.